The third-order valence-corrected chi connectivity index (χ3v) is 3.13. The van der Waals surface area contributed by atoms with Crippen molar-refractivity contribution in [3.8, 4) is 11.5 Å². The van der Waals surface area contributed by atoms with Crippen LogP contribution in [0.15, 0.2) is 48.5 Å². The predicted octanol–water partition coefficient (Wildman–Crippen LogP) is 3.82. The number of hydrogen-bond acceptors (Lipinski definition) is 3. The van der Waals surface area contributed by atoms with E-state index in [-0.39, 0.29) is 6.04 Å². The van der Waals surface area contributed by atoms with E-state index in [9.17, 15) is 0 Å². The Morgan fingerprint density at radius 2 is 1.75 bits per heavy atom. The molecule has 2 rings (SSSR count). The van der Waals surface area contributed by atoms with E-state index in [0.717, 1.165) is 11.3 Å². The first-order chi connectivity index (χ1) is 9.66. The molecule has 0 bridgehead atoms. The van der Waals surface area contributed by atoms with Crippen molar-refractivity contribution in [2.24, 2.45) is 5.73 Å². The Bertz CT molecular complexity index is 543. The van der Waals surface area contributed by atoms with E-state index in [4.69, 9.17) is 26.8 Å². The van der Waals surface area contributed by atoms with Crippen LogP contribution in [0.25, 0.3) is 0 Å². The Balaban J connectivity index is 1.82. The quantitative estimate of drug-likeness (QED) is 0.823. The fraction of sp³-hybridized carbons (Fsp3) is 0.250. The minimum Gasteiger partial charge on any atom is -0.490 e. The molecule has 0 radical (unpaired) electrons. The highest BCUT2D eigenvalue weighted by molar-refractivity contribution is 6.32. The maximum absolute atomic E-state index is 6.15. The Hall–Kier alpha value is -1.71. The number of nitrogens with two attached hydrogens (primary N) is 1. The number of hydrogen-bond donors (Lipinski definition) is 1. The van der Waals surface area contributed by atoms with Crippen molar-refractivity contribution in [3.05, 3.63) is 59.1 Å². The monoisotopic (exact) mass is 291 g/mol. The topological polar surface area (TPSA) is 44.5 Å². The molecule has 3 nitrogen and oxygen atoms in total. The van der Waals surface area contributed by atoms with Gasteiger partial charge in [-0.25, -0.2) is 0 Å². The van der Waals surface area contributed by atoms with Crippen molar-refractivity contribution in [1.82, 2.24) is 0 Å². The highest BCUT2D eigenvalue weighted by Gasteiger charge is 2.05. The predicted molar refractivity (Wildman–Crippen MR) is 81.5 cm³/mol. The van der Waals surface area contributed by atoms with Crippen LogP contribution in [-0.2, 0) is 0 Å². The molecule has 0 amide bonds. The van der Waals surface area contributed by atoms with Gasteiger partial charge >= 0.3 is 0 Å². The van der Waals surface area contributed by atoms with Crippen LogP contribution in [0.2, 0.25) is 5.02 Å². The molecule has 106 valence electrons. The van der Waals surface area contributed by atoms with Crippen LogP contribution in [0.5, 0.6) is 11.5 Å². The summed E-state index contributed by atoms with van der Waals surface area (Å²) in [5.74, 6) is 1.47. The first-order valence-corrected chi connectivity index (χ1v) is 6.90. The molecule has 0 heterocycles. The molecule has 20 heavy (non-hydrogen) atoms. The lowest BCUT2D eigenvalue weighted by atomic mass is 10.1. The van der Waals surface area contributed by atoms with Gasteiger partial charge in [0.1, 0.15) is 24.7 Å². The molecule has 0 aromatic heterocycles. The maximum atomic E-state index is 6.15. The van der Waals surface area contributed by atoms with Crippen LogP contribution in [0, 0.1) is 0 Å². The average Bonchev–Trinajstić information content (AvgIpc) is 2.46. The van der Waals surface area contributed by atoms with Gasteiger partial charge in [0, 0.05) is 6.04 Å². The molecule has 2 aromatic rings. The molecule has 0 saturated heterocycles. The molecule has 0 aliphatic carbocycles. The van der Waals surface area contributed by atoms with E-state index in [0.29, 0.717) is 24.0 Å². The highest BCUT2D eigenvalue weighted by Crippen LogP contribution is 2.27. The normalized spacial score (nSPS) is 11.9. The van der Waals surface area contributed by atoms with Crippen LogP contribution in [0.4, 0.5) is 0 Å². The number of ether oxygens (including phenoxy) is 2. The van der Waals surface area contributed by atoms with Crippen LogP contribution >= 0.6 is 11.6 Å². The van der Waals surface area contributed by atoms with E-state index >= 15 is 0 Å². The molecule has 0 aliphatic heterocycles. The fourth-order valence-corrected chi connectivity index (χ4v) is 1.99. The lowest BCUT2D eigenvalue weighted by Crippen LogP contribution is -2.09. The summed E-state index contributed by atoms with van der Waals surface area (Å²) < 4.78 is 11.1. The van der Waals surface area contributed by atoms with E-state index in [2.05, 4.69) is 0 Å². The summed E-state index contributed by atoms with van der Waals surface area (Å²) in [7, 11) is 0. The number of halogens is 1. The molecule has 2 N–H and O–H groups in total. The van der Waals surface area contributed by atoms with Crippen LogP contribution in [0.1, 0.15) is 18.5 Å². The fourth-order valence-electron chi connectivity index (χ4n) is 1.75. The van der Waals surface area contributed by atoms with Gasteiger partial charge in [0.2, 0.25) is 0 Å². The lowest BCUT2D eigenvalue weighted by molar-refractivity contribution is 0.217. The van der Waals surface area contributed by atoms with Gasteiger partial charge in [-0.2, -0.15) is 0 Å². The smallest absolute Gasteiger partial charge is 0.138 e. The van der Waals surface area contributed by atoms with E-state index in [1.165, 1.54) is 0 Å². The van der Waals surface area contributed by atoms with Crippen molar-refractivity contribution >= 4 is 11.6 Å². The van der Waals surface area contributed by atoms with Crippen molar-refractivity contribution in [3.63, 3.8) is 0 Å². The Morgan fingerprint density at radius 1 is 1.05 bits per heavy atom. The van der Waals surface area contributed by atoms with Crippen molar-refractivity contribution in [2.75, 3.05) is 13.2 Å². The lowest BCUT2D eigenvalue weighted by Gasteiger charge is -2.11. The second kappa shape index (κ2) is 7.17. The summed E-state index contributed by atoms with van der Waals surface area (Å²) in [6.45, 7) is 2.82. The second-order valence-corrected chi connectivity index (χ2v) is 4.90. The minimum absolute atomic E-state index is 0.0389. The molecule has 0 aliphatic rings. The molecule has 1 atom stereocenters. The molecule has 0 saturated carbocycles. The number of para-hydroxylation sites is 1. The SMILES string of the molecule is C[C@H](N)c1ccc(OCCOc2ccccc2)c(Cl)c1. The summed E-state index contributed by atoms with van der Waals surface area (Å²) >= 11 is 6.15. The van der Waals surface area contributed by atoms with E-state index in [1.54, 1.807) is 0 Å². The molecule has 0 unspecified atom stereocenters. The molecule has 2 aromatic carbocycles. The Labute approximate surface area is 124 Å². The van der Waals surface area contributed by atoms with Crippen molar-refractivity contribution < 1.29 is 9.47 Å². The zero-order valence-electron chi connectivity index (χ0n) is 11.4. The minimum atomic E-state index is -0.0389. The average molecular weight is 292 g/mol. The first-order valence-electron chi connectivity index (χ1n) is 6.52. The van der Waals surface area contributed by atoms with Crippen LogP contribution in [0.3, 0.4) is 0 Å². The standard InChI is InChI=1S/C16H18ClNO2/c1-12(18)13-7-8-16(15(17)11-13)20-10-9-19-14-5-3-2-4-6-14/h2-8,11-12H,9-10,18H2,1H3/t12-/m0/s1. The van der Waals surface area contributed by atoms with Gasteiger partial charge in [-0.3, -0.25) is 0 Å². The van der Waals surface area contributed by atoms with Gasteiger partial charge in [-0.15, -0.1) is 0 Å². The van der Waals surface area contributed by atoms with Crippen LogP contribution in [-0.4, -0.2) is 13.2 Å². The summed E-state index contributed by atoms with van der Waals surface area (Å²) in [6.07, 6.45) is 0. The Kier molecular flexibility index (Phi) is 5.27. The van der Waals surface area contributed by atoms with Crippen molar-refractivity contribution in [1.29, 1.82) is 0 Å². The maximum Gasteiger partial charge on any atom is 0.138 e. The third kappa shape index (κ3) is 4.15. The zero-order valence-corrected chi connectivity index (χ0v) is 12.1. The molecular weight excluding hydrogens is 274 g/mol. The first kappa shape index (κ1) is 14.7. The number of rotatable bonds is 6. The van der Waals surface area contributed by atoms with Gasteiger partial charge in [-0.05, 0) is 36.8 Å². The summed E-state index contributed by atoms with van der Waals surface area (Å²) in [5, 5.41) is 0.569. The highest BCUT2D eigenvalue weighted by atomic mass is 35.5. The Morgan fingerprint density at radius 3 is 2.40 bits per heavy atom. The largest absolute Gasteiger partial charge is 0.490 e. The zero-order chi connectivity index (χ0) is 14.4. The van der Waals surface area contributed by atoms with Gasteiger partial charge in [-0.1, -0.05) is 35.9 Å². The summed E-state index contributed by atoms with van der Waals surface area (Å²) in [5.41, 5.74) is 6.79. The number of benzene rings is 2. The second-order valence-electron chi connectivity index (χ2n) is 4.49. The molecular formula is C16H18ClNO2. The van der Waals surface area contributed by atoms with Gasteiger partial charge < -0.3 is 15.2 Å². The molecule has 0 spiro atoms. The summed E-state index contributed by atoms with van der Waals surface area (Å²) in [4.78, 5) is 0. The van der Waals surface area contributed by atoms with E-state index < -0.39 is 0 Å². The van der Waals surface area contributed by atoms with E-state index in [1.807, 2.05) is 55.5 Å². The van der Waals surface area contributed by atoms with Crippen molar-refractivity contribution in [2.45, 2.75) is 13.0 Å². The van der Waals surface area contributed by atoms with Gasteiger partial charge in [0.25, 0.3) is 0 Å². The van der Waals surface area contributed by atoms with Crippen LogP contribution < -0.4 is 15.2 Å². The summed E-state index contributed by atoms with van der Waals surface area (Å²) in [6, 6.07) is 15.2. The van der Waals surface area contributed by atoms with Gasteiger partial charge in [0.05, 0.1) is 5.02 Å². The molecule has 4 heteroatoms. The van der Waals surface area contributed by atoms with Gasteiger partial charge in [0.15, 0.2) is 0 Å². The third-order valence-electron chi connectivity index (χ3n) is 2.83. The molecule has 0 fully saturated rings.